The van der Waals surface area contributed by atoms with Crippen molar-refractivity contribution in [3.8, 4) is 5.75 Å². The summed E-state index contributed by atoms with van der Waals surface area (Å²) >= 11 is 15.6. The first-order valence-corrected chi connectivity index (χ1v) is 10.6. The van der Waals surface area contributed by atoms with E-state index in [1.807, 2.05) is 36.0 Å². The van der Waals surface area contributed by atoms with Crippen molar-refractivity contribution < 1.29 is 9.53 Å². The molecule has 0 fully saturated rings. The summed E-state index contributed by atoms with van der Waals surface area (Å²) in [6.07, 6.45) is 2.72. The summed E-state index contributed by atoms with van der Waals surface area (Å²) in [5, 5.41) is 8.13. The second-order valence-corrected chi connectivity index (χ2v) is 8.12. The van der Waals surface area contributed by atoms with Crippen molar-refractivity contribution in [3.05, 3.63) is 80.0 Å². The van der Waals surface area contributed by atoms with E-state index in [2.05, 4.69) is 26.3 Å². The van der Waals surface area contributed by atoms with Crippen molar-refractivity contribution in [1.29, 1.82) is 0 Å². The average Bonchev–Trinajstić information content (AvgIpc) is 3.04. The predicted octanol–water partition coefficient (Wildman–Crippen LogP) is 5.66. The van der Waals surface area contributed by atoms with Crippen molar-refractivity contribution in [1.82, 2.24) is 15.1 Å². The number of nitrogens with one attached hydrogen (secondary N) is 1. The van der Waals surface area contributed by atoms with Crippen molar-refractivity contribution in [2.45, 2.75) is 26.5 Å². The number of nitrogens with zero attached hydrogens (tertiary/aromatic N) is 2. The number of hydrogen-bond donors (Lipinski definition) is 1. The smallest absolute Gasteiger partial charge is 0.251 e. The van der Waals surface area contributed by atoms with Crippen LogP contribution in [0.4, 0.5) is 0 Å². The minimum Gasteiger partial charge on any atom is -0.487 e. The van der Waals surface area contributed by atoms with E-state index in [1.165, 1.54) is 0 Å². The summed E-state index contributed by atoms with van der Waals surface area (Å²) in [7, 11) is 0. The minimum absolute atomic E-state index is 0.120. The van der Waals surface area contributed by atoms with Gasteiger partial charge in [-0.1, -0.05) is 41.4 Å². The SMILES string of the molecule is Cc1nn(CCCNC(=O)c2cccc(COc3cccc(Cl)c3Cl)c2)cc1Br. The highest BCUT2D eigenvalue weighted by molar-refractivity contribution is 9.10. The molecule has 0 aliphatic heterocycles. The molecule has 1 N–H and O–H groups in total. The Morgan fingerprint density at radius 1 is 1.24 bits per heavy atom. The molecule has 3 rings (SSSR count). The van der Waals surface area contributed by atoms with Crippen LogP contribution in [0, 0.1) is 6.92 Å². The first-order valence-electron chi connectivity index (χ1n) is 9.07. The van der Waals surface area contributed by atoms with Gasteiger partial charge in [0, 0.05) is 24.8 Å². The van der Waals surface area contributed by atoms with Gasteiger partial charge in [0.2, 0.25) is 0 Å². The molecular weight excluding hydrogens is 477 g/mol. The molecule has 0 saturated carbocycles. The monoisotopic (exact) mass is 495 g/mol. The predicted molar refractivity (Wildman–Crippen MR) is 119 cm³/mol. The number of carbonyl (C=O) groups excluding carboxylic acids is 1. The summed E-state index contributed by atoms with van der Waals surface area (Å²) in [6.45, 7) is 3.53. The van der Waals surface area contributed by atoms with Gasteiger partial charge < -0.3 is 10.1 Å². The number of ether oxygens (including phenoxy) is 1. The first kappa shape index (κ1) is 21.7. The van der Waals surface area contributed by atoms with Crippen LogP contribution >= 0.6 is 39.1 Å². The Morgan fingerprint density at radius 2 is 2.03 bits per heavy atom. The van der Waals surface area contributed by atoms with Gasteiger partial charge in [0.05, 0.1) is 15.2 Å². The van der Waals surface area contributed by atoms with Gasteiger partial charge in [0.25, 0.3) is 5.91 Å². The number of halogens is 3. The van der Waals surface area contributed by atoms with Gasteiger partial charge in [0.1, 0.15) is 17.4 Å². The summed E-state index contributed by atoms with van der Waals surface area (Å²) in [5.41, 5.74) is 2.40. The maximum Gasteiger partial charge on any atom is 0.251 e. The number of hydrogen-bond acceptors (Lipinski definition) is 3. The molecule has 0 aliphatic carbocycles. The van der Waals surface area contributed by atoms with Crippen LogP contribution in [0.25, 0.3) is 0 Å². The van der Waals surface area contributed by atoms with Crippen LogP contribution in [-0.4, -0.2) is 22.2 Å². The fourth-order valence-corrected chi connectivity index (χ4v) is 3.37. The van der Waals surface area contributed by atoms with Gasteiger partial charge in [-0.25, -0.2) is 0 Å². The van der Waals surface area contributed by atoms with E-state index in [0.717, 1.165) is 28.7 Å². The second-order valence-electron chi connectivity index (χ2n) is 6.48. The van der Waals surface area contributed by atoms with E-state index in [1.54, 1.807) is 24.3 Å². The molecule has 0 radical (unpaired) electrons. The molecule has 1 amide bonds. The third kappa shape index (κ3) is 5.98. The van der Waals surface area contributed by atoms with Crippen molar-refractivity contribution in [2.24, 2.45) is 0 Å². The van der Waals surface area contributed by atoms with E-state index < -0.39 is 0 Å². The van der Waals surface area contributed by atoms with Crippen LogP contribution < -0.4 is 10.1 Å². The van der Waals surface area contributed by atoms with E-state index >= 15 is 0 Å². The number of rotatable bonds is 8. The number of aryl methyl sites for hydroxylation is 2. The van der Waals surface area contributed by atoms with Crippen LogP contribution in [-0.2, 0) is 13.2 Å². The molecule has 0 bridgehead atoms. The highest BCUT2D eigenvalue weighted by Crippen LogP contribution is 2.31. The molecular formula is C21H20BrCl2N3O2. The van der Waals surface area contributed by atoms with E-state index in [-0.39, 0.29) is 12.5 Å². The number of benzene rings is 2. The fourth-order valence-electron chi connectivity index (χ4n) is 2.71. The number of aromatic nitrogens is 2. The average molecular weight is 497 g/mol. The van der Waals surface area contributed by atoms with Crippen LogP contribution in [0.2, 0.25) is 10.0 Å². The van der Waals surface area contributed by atoms with Gasteiger partial charge in [-0.05, 0) is 59.1 Å². The van der Waals surface area contributed by atoms with Crippen molar-refractivity contribution in [2.75, 3.05) is 6.54 Å². The van der Waals surface area contributed by atoms with E-state index in [9.17, 15) is 4.79 Å². The third-order valence-corrected chi connectivity index (χ3v) is 5.82. The van der Waals surface area contributed by atoms with Crippen molar-refractivity contribution >= 4 is 45.0 Å². The standard InChI is InChI=1S/C21H20BrCl2N3O2/c1-14-17(22)12-27(26-14)10-4-9-25-21(28)16-6-2-5-15(11-16)13-29-19-8-3-7-18(23)20(19)24/h2-3,5-8,11-12H,4,9-10,13H2,1H3,(H,25,28). The molecule has 0 spiro atoms. The van der Waals surface area contributed by atoms with Gasteiger partial charge in [-0.2, -0.15) is 5.10 Å². The molecule has 1 aromatic heterocycles. The summed E-state index contributed by atoms with van der Waals surface area (Å²) in [5.74, 6) is 0.389. The van der Waals surface area contributed by atoms with Crippen molar-refractivity contribution in [3.63, 3.8) is 0 Å². The highest BCUT2D eigenvalue weighted by atomic mass is 79.9. The Kier molecular flexibility index (Phi) is 7.58. The lowest BCUT2D eigenvalue weighted by Gasteiger charge is -2.10. The lowest BCUT2D eigenvalue weighted by Crippen LogP contribution is -2.25. The van der Waals surface area contributed by atoms with Crippen LogP contribution in [0.1, 0.15) is 28.0 Å². The Morgan fingerprint density at radius 3 is 2.79 bits per heavy atom. The quantitative estimate of drug-likeness (QED) is 0.409. The number of carbonyl (C=O) groups is 1. The topological polar surface area (TPSA) is 56.2 Å². The second kappa shape index (κ2) is 10.1. The van der Waals surface area contributed by atoms with E-state index in [4.69, 9.17) is 27.9 Å². The zero-order chi connectivity index (χ0) is 20.8. The van der Waals surface area contributed by atoms with Crippen LogP contribution in [0.15, 0.2) is 53.1 Å². The Balaban J connectivity index is 1.50. The molecule has 0 atom stereocenters. The van der Waals surface area contributed by atoms with Gasteiger partial charge in [-0.3, -0.25) is 9.48 Å². The molecule has 2 aromatic carbocycles. The largest absolute Gasteiger partial charge is 0.487 e. The molecule has 29 heavy (non-hydrogen) atoms. The Bertz CT molecular complexity index is 988. The maximum absolute atomic E-state index is 12.4. The zero-order valence-electron chi connectivity index (χ0n) is 15.8. The Labute approximate surface area is 188 Å². The summed E-state index contributed by atoms with van der Waals surface area (Å²) in [4.78, 5) is 12.4. The molecule has 0 aliphatic rings. The maximum atomic E-state index is 12.4. The lowest BCUT2D eigenvalue weighted by atomic mass is 10.1. The summed E-state index contributed by atoms with van der Waals surface area (Å²) < 4.78 is 8.59. The first-order chi connectivity index (χ1) is 13.9. The van der Waals surface area contributed by atoms with Gasteiger partial charge >= 0.3 is 0 Å². The third-order valence-electron chi connectivity index (χ3n) is 4.24. The fraction of sp³-hybridized carbons (Fsp3) is 0.238. The molecule has 0 unspecified atom stereocenters. The number of amides is 1. The van der Waals surface area contributed by atoms with Crippen LogP contribution in [0.5, 0.6) is 5.75 Å². The van der Waals surface area contributed by atoms with E-state index in [0.29, 0.717) is 27.9 Å². The Hall–Kier alpha value is -2.02. The molecule has 1 heterocycles. The zero-order valence-corrected chi connectivity index (χ0v) is 18.9. The minimum atomic E-state index is -0.120. The lowest BCUT2D eigenvalue weighted by molar-refractivity contribution is 0.0952. The molecule has 0 saturated heterocycles. The van der Waals surface area contributed by atoms with Crippen LogP contribution in [0.3, 0.4) is 0 Å². The molecule has 3 aromatic rings. The normalized spacial score (nSPS) is 10.8. The molecule has 8 heteroatoms. The highest BCUT2D eigenvalue weighted by Gasteiger charge is 2.09. The summed E-state index contributed by atoms with van der Waals surface area (Å²) in [6, 6.07) is 12.5. The van der Waals surface area contributed by atoms with Gasteiger partial charge in [-0.15, -0.1) is 0 Å². The molecule has 5 nitrogen and oxygen atoms in total. The van der Waals surface area contributed by atoms with Gasteiger partial charge in [0.15, 0.2) is 0 Å². The molecule has 152 valence electrons.